The van der Waals surface area contributed by atoms with Crippen LogP contribution in [0.5, 0.6) is 0 Å². The van der Waals surface area contributed by atoms with E-state index in [0.717, 1.165) is 38.1 Å². The van der Waals surface area contributed by atoms with Crippen LogP contribution in [0.3, 0.4) is 0 Å². The zero-order valence-electron chi connectivity index (χ0n) is 11.5. The first-order chi connectivity index (χ1) is 9.32. The Labute approximate surface area is 113 Å². The molecule has 0 saturated carbocycles. The van der Waals surface area contributed by atoms with Gasteiger partial charge in [-0.3, -0.25) is 0 Å². The van der Waals surface area contributed by atoms with Gasteiger partial charge in [0.1, 0.15) is 5.60 Å². The highest BCUT2D eigenvalue weighted by atomic mass is 16.5. The van der Waals surface area contributed by atoms with Crippen LogP contribution in [0.2, 0.25) is 0 Å². The molecule has 1 aliphatic heterocycles. The van der Waals surface area contributed by atoms with Crippen LogP contribution in [0.1, 0.15) is 38.4 Å². The quantitative estimate of drug-likeness (QED) is 0.723. The summed E-state index contributed by atoms with van der Waals surface area (Å²) < 4.78 is 13.3. The highest BCUT2D eigenvalue weighted by Gasteiger charge is 2.40. The normalized spacial score (nSPS) is 18.6. The molecule has 0 aliphatic carbocycles. The Bertz CT molecular complexity index is 370. The standard InChI is InChI=1S/C12H23N5O2/c1-2-19-12(5-9-18-10-6-12)11-14-15-16-17(11)8-4-3-7-13/h2-10,13H2,1H3. The molecule has 19 heavy (non-hydrogen) atoms. The summed E-state index contributed by atoms with van der Waals surface area (Å²) >= 11 is 0. The van der Waals surface area contributed by atoms with Gasteiger partial charge in [0.25, 0.3) is 0 Å². The second-order valence-corrected chi connectivity index (χ2v) is 4.76. The molecule has 1 fully saturated rings. The van der Waals surface area contributed by atoms with Gasteiger partial charge in [-0.2, -0.15) is 0 Å². The Balaban J connectivity index is 2.14. The fourth-order valence-electron chi connectivity index (χ4n) is 2.50. The summed E-state index contributed by atoms with van der Waals surface area (Å²) in [7, 11) is 0. The fourth-order valence-corrected chi connectivity index (χ4v) is 2.50. The second kappa shape index (κ2) is 6.93. The second-order valence-electron chi connectivity index (χ2n) is 4.76. The molecule has 0 bridgehead atoms. The van der Waals surface area contributed by atoms with Crippen LogP contribution < -0.4 is 5.73 Å². The van der Waals surface area contributed by atoms with Gasteiger partial charge < -0.3 is 15.2 Å². The maximum absolute atomic E-state index is 5.99. The first-order valence-electron chi connectivity index (χ1n) is 7.01. The van der Waals surface area contributed by atoms with Crippen molar-refractivity contribution in [1.29, 1.82) is 0 Å². The van der Waals surface area contributed by atoms with Gasteiger partial charge in [-0.05, 0) is 36.7 Å². The SMILES string of the molecule is CCOC1(c2nnnn2CCCCN)CCOCC1. The lowest BCUT2D eigenvalue weighted by atomic mass is 9.93. The average molecular weight is 269 g/mol. The first-order valence-corrected chi connectivity index (χ1v) is 7.01. The van der Waals surface area contributed by atoms with Crippen molar-refractivity contribution in [1.82, 2.24) is 20.2 Å². The maximum atomic E-state index is 5.99. The van der Waals surface area contributed by atoms with Crippen molar-refractivity contribution in [3.63, 3.8) is 0 Å². The van der Waals surface area contributed by atoms with Gasteiger partial charge in [-0.15, -0.1) is 5.10 Å². The Morgan fingerprint density at radius 1 is 1.37 bits per heavy atom. The number of tetrazole rings is 1. The summed E-state index contributed by atoms with van der Waals surface area (Å²) in [5.74, 6) is 0.828. The van der Waals surface area contributed by atoms with E-state index in [0.29, 0.717) is 26.4 Å². The molecule has 2 N–H and O–H groups in total. The smallest absolute Gasteiger partial charge is 0.183 e. The monoisotopic (exact) mass is 269 g/mol. The highest BCUT2D eigenvalue weighted by molar-refractivity contribution is 5.02. The lowest BCUT2D eigenvalue weighted by molar-refractivity contribution is -0.120. The third-order valence-electron chi connectivity index (χ3n) is 3.48. The number of hydrogen-bond donors (Lipinski definition) is 1. The van der Waals surface area contributed by atoms with E-state index in [1.807, 2.05) is 11.6 Å². The van der Waals surface area contributed by atoms with Crippen molar-refractivity contribution in [2.24, 2.45) is 5.73 Å². The predicted molar refractivity (Wildman–Crippen MR) is 69.5 cm³/mol. The number of rotatable bonds is 7. The van der Waals surface area contributed by atoms with Gasteiger partial charge in [-0.1, -0.05) is 0 Å². The number of nitrogens with two attached hydrogens (primary N) is 1. The van der Waals surface area contributed by atoms with E-state index in [9.17, 15) is 0 Å². The first kappa shape index (κ1) is 14.4. The lowest BCUT2D eigenvalue weighted by Gasteiger charge is -2.35. The summed E-state index contributed by atoms with van der Waals surface area (Å²) in [6.07, 6.45) is 3.56. The Hall–Kier alpha value is -1.05. The Morgan fingerprint density at radius 2 is 2.16 bits per heavy atom. The molecule has 0 atom stereocenters. The Morgan fingerprint density at radius 3 is 2.84 bits per heavy atom. The third kappa shape index (κ3) is 3.29. The molecule has 0 radical (unpaired) electrons. The molecule has 1 saturated heterocycles. The van der Waals surface area contributed by atoms with Gasteiger partial charge in [0.2, 0.25) is 0 Å². The van der Waals surface area contributed by atoms with Gasteiger partial charge in [0.15, 0.2) is 5.82 Å². The van der Waals surface area contributed by atoms with E-state index in [4.69, 9.17) is 15.2 Å². The van der Waals surface area contributed by atoms with Crippen LogP contribution in [-0.4, -0.2) is 46.6 Å². The minimum Gasteiger partial charge on any atom is -0.381 e. The molecule has 2 heterocycles. The van der Waals surface area contributed by atoms with E-state index >= 15 is 0 Å². The number of ether oxygens (including phenoxy) is 2. The van der Waals surface area contributed by atoms with Gasteiger partial charge in [0, 0.05) is 39.2 Å². The average Bonchev–Trinajstić information content (AvgIpc) is 2.90. The fraction of sp³-hybridized carbons (Fsp3) is 0.917. The highest BCUT2D eigenvalue weighted by Crippen LogP contribution is 2.34. The van der Waals surface area contributed by atoms with Crippen LogP contribution in [0.15, 0.2) is 0 Å². The van der Waals surface area contributed by atoms with Crippen molar-refractivity contribution in [2.75, 3.05) is 26.4 Å². The molecule has 1 aromatic heterocycles. The summed E-state index contributed by atoms with van der Waals surface area (Å²) in [5.41, 5.74) is 5.13. The summed E-state index contributed by atoms with van der Waals surface area (Å²) in [5, 5.41) is 12.1. The summed E-state index contributed by atoms with van der Waals surface area (Å²) in [4.78, 5) is 0. The van der Waals surface area contributed by atoms with E-state index in [1.54, 1.807) is 0 Å². The van der Waals surface area contributed by atoms with Gasteiger partial charge >= 0.3 is 0 Å². The van der Waals surface area contributed by atoms with Crippen LogP contribution in [0, 0.1) is 0 Å². The molecule has 2 rings (SSSR count). The van der Waals surface area contributed by atoms with Gasteiger partial charge in [0.05, 0.1) is 0 Å². The zero-order valence-corrected chi connectivity index (χ0v) is 11.5. The van der Waals surface area contributed by atoms with Gasteiger partial charge in [-0.25, -0.2) is 4.68 Å². The van der Waals surface area contributed by atoms with Crippen molar-refractivity contribution in [2.45, 2.75) is 44.8 Å². The lowest BCUT2D eigenvalue weighted by Crippen LogP contribution is -2.39. The van der Waals surface area contributed by atoms with E-state index in [1.165, 1.54) is 0 Å². The van der Waals surface area contributed by atoms with Crippen LogP contribution >= 0.6 is 0 Å². The molecular formula is C12H23N5O2. The number of aromatic nitrogens is 4. The predicted octanol–water partition coefficient (Wildman–Crippen LogP) is 0.454. The largest absolute Gasteiger partial charge is 0.381 e. The molecule has 0 spiro atoms. The summed E-state index contributed by atoms with van der Waals surface area (Å²) in [6, 6.07) is 0. The van der Waals surface area contributed by atoms with Crippen molar-refractivity contribution in [3.05, 3.63) is 5.82 Å². The number of hydrogen-bond acceptors (Lipinski definition) is 6. The van der Waals surface area contributed by atoms with Crippen LogP contribution in [0.4, 0.5) is 0 Å². The third-order valence-corrected chi connectivity index (χ3v) is 3.48. The van der Waals surface area contributed by atoms with Crippen molar-refractivity contribution >= 4 is 0 Å². The van der Waals surface area contributed by atoms with E-state index in [2.05, 4.69) is 15.5 Å². The minimum atomic E-state index is -0.390. The van der Waals surface area contributed by atoms with E-state index < -0.39 is 0 Å². The number of nitrogens with zero attached hydrogens (tertiary/aromatic N) is 4. The molecular weight excluding hydrogens is 246 g/mol. The molecule has 0 amide bonds. The zero-order chi connectivity index (χ0) is 13.6. The molecule has 7 heteroatoms. The molecule has 108 valence electrons. The topological polar surface area (TPSA) is 88.1 Å². The molecule has 0 unspecified atom stereocenters. The maximum Gasteiger partial charge on any atom is 0.183 e. The Kier molecular flexibility index (Phi) is 5.24. The minimum absolute atomic E-state index is 0.390. The molecule has 0 aromatic carbocycles. The van der Waals surface area contributed by atoms with Crippen LogP contribution in [-0.2, 0) is 21.6 Å². The van der Waals surface area contributed by atoms with Crippen molar-refractivity contribution in [3.8, 4) is 0 Å². The molecule has 7 nitrogen and oxygen atoms in total. The summed E-state index contributed by atoms with van der Waals surface area (Å²) in [6.45, 7) is 5.51. The molecule has 1 aliphatic rings. The van der Waals surface area contributed by atoms with Crippen molar-refractivity contribution < 1.29 is 9.47 Å². The van der Waals surface area contributed by atoms with E-state index in [-0.39, 0.29) is 5.60 Å². The molecule has 1 aromatic rings. The number of unbranched alkanes of at least 4 members (excludes halogenated alkanes) is 1. The number of aryl methyl sites for hydroxylation is 1. The van der Waals surface area contributed by atoms with Crippen LogP contribution in [0.25, 0.3) is 0 Å².